The van der Waals surface area contributed by atoms with Gasteiger partial charge in [0.05, 0.1) is 12.2 Å². The van der Waals surface area contributed by atoms with Crippen molar-refractivity contribution < 1.29 is 44.3 Å². The van der Waals surface area contributed by atoms with Crippen LogP contribution in [0.3, 0.4) is 0 Å². The second-order valence-corrected chi connectivity index (χ2v) is 4.32. The summed E-state index contributed by atoms with van der Waals surface area (Å²) in [7, 11) is 0. The van der Waals surface area contributed by atoms with Gasteiger partial charge in [0.15, 0.2) is 0 Å². The van der Waals surface area contributed by atoms with E-state index in [1.807, 2.05) is 0 Å². The zero-order chi connectivity index (χ0) is 10.9. The van der Waals surface area contributed by atoms with E-state index < -0.39 is 5.97 Å². The average molecular weight is 235 g/mol. The number of hydrogen-bond donors (Lipinski definition) is 2. The molecule has 0 bridgehead atoms. The molecule has 0 atom stereocenters. The molecule has 1 heterocycles. The van der Waals surface area contributed by atoms with Crippen molar-refractivity contribution in [3.05, 3.63) is 0 Å². The van der Waals surface area contributed by atoms with Crippen LogP contribution in [0.25, 0.3) is 0 Å². The number of carboxylic acids is 1. The zero-order valence-corrected chi connectivity index (χ0v) is 11.7. The molecule has 1 spiro atoms. The number of hydrogen-bond acceptors (Lipinski definition) is 3. The Morgan fingerprint density at radius 1 is 1.38 bits per heavy atom. The van der Waals surface area contributed by atoms with Crippen LogP contribution in [0.1, 0.15) is 32.1 Å². The summed E-state index contributed by atoms with van der Waals surface area (Å²) in [4.78, 5) is 23.8. The molecule has 6 heteroatoms. The van der Waals surface area contributed by atoms with Gasteiger partial charge in [0.1, 0.15) is 6.54 Å². The maximum atomic E-state index is 11.6. The van der Waals surface area contributed by atoms with Gasteiger partial charge in [0.2, 0.25) is 5.91 Å². The number of carbonyl (C=O) groups excluding carboxylic acids is 1. The smallest absolute Gasteiger partial charge is 0.480 e. The normalized spacial score (nSPS) is 23.2. The number of carbonyl (C=O) groups is 2. The number of carboxylic acid groups (broad SMARTS) is 1. The first kappa shape index (κ1) is 14.0. The minimum atomic E-state index is -0.933. The molecule has 0 aromatic rings. The minimum Gasteiger partial charge on any atom is -0.480 e. The van der Waals surface area contributed by atoms with Crippen molar-refractivity contribution >= 4 is 11.9 Å². The van der Waals surface area contributed by atoms with Crippen LogP contribution in [0.2, 0.25) is 0 Å². The fraction of sp³-hybridized carbons (Fsp3) is 0.800. The number of aliphatic carboxylic acids is 1. The van der Waals surface area contributed by atoms with E-state index in [-0.39, 0.29) is 54.2 Å². The van der Waals surface area contributed by atoms with Gasteiger partial charge < -0.3 is 10.0 Å². The molecule has 1 amide bonds. The molecule has 0 aromatic carbocycles. The Balaban J connectivity index is 0.00000128. The number of rotatable bonds is 2. The molecule has 2 fully saturated rings. The summed E-state index contributed by atoms with van der Waals surface area (Å²) in [6, 6.07) is 0. The molecule has 2 N–H and O–H groups in total. The largest absolute Gasteiger partial charge is 1.00 e. The van der Waals surface area contributed by atoms with Crippen molar-refractivity contribution in [3.63, 3.8) is 0 Å². The second-order valence-electron chi connectivity index (χ2n) is 4.32. The van der Waals surface area contributed by atoms with Crippen molar-refractivity contribution in [1.29, 1.82) is 0 Å². The van der Waals surface area contributed by atoms with Gasteiger partial charge >= 0.3 is 35.5 Å². The Kier molecular flexibility index (Phi) is 4.79. The molecular formula is C10H16N2NaO3+. The third-order valence-electron chi connectivity index (χ3n) is 3.36. The number of nitrogens with zero attached hydrogens (tertiary/aromatic N) is 1. The first-order chi connectivity index (χ1) is 7.14. The van der Waals surface area contributed by atoms with Crippen LogP contribution in [-0.4, -0.2) is 40.6 Å². The molecule has 16 heavy (non-hydrogen) atoms. The summed E-state index contributed by atoms with van der Waals surface area (Å²) in [5, 5.41) is 12.0. The van der Waals surface area contributed by atoms with Gasteiger partial charge in [-0.25, -0.2) is 0 Å². The summed E-state index contributed by atoms with van der Waals surface area (Å²) >= 11 is 0. The van der Waals surface area contributed by atoms with E-state index in [1.54, 1.807) is 0 Å². The number of amides is 1. The summed E-state index contributed by atoms with van der Waals surface area (Å²) in [6.45, 7) is 0.110. The Morgan fingerprint density at radius 3 is 2.56 bits per heavy atom. The van der Waals surface area contributed by atoms with E-state index in [2.05, 4.69) is 5.32 Å². The molecule has 84 valence electrons. The predicted molar refractivity (Wildman–Crippen MR) is 53.2 cm³/mol. The third-order valence-corrected chi connectivity index (χ3v) is 3.36. The van der Waals surface area contributed by atoms with E-state index >= 15 is 0 Å². The summed E-state index contributed by atoms with van der Waals surface area (Å²) in [5.74, 6) is -1.02. The SMILES string of the molecule is O=C(O)CN1C(=O)CNC12CCCCC2.[Na+]. The maximum Gasteiger partial charge on any atom is 1.00 e. The fourth-order valence-corrected chi connectivity index (χ4v) is 2.63. The standard InChI is InChI=1S/C10H16N2O3.Na/c13-8-6-11-10(4-2-1-3-5-10)12(8)7-9(14)15;/h11H,1-7H2,(H,14,15);/q;+1. The van der Waals surface area contributed by atoms with Gasteiger partial charge in [-0.1, -0.05) is 6.42 Å². The first-order valence-electron chi connectivity index (χ1n) is 5.41. The van der Waals surface area contributed by atoms with E-state index in [0.29, 0.717) is 0 Å². The summed E-state index contributed by atoms with van der Waals surface area (Å²) < 4.78 is 0. The van der Waals surface area contributed by atoms with E-state index in [0.717, 1.165) is 25.7 Å². The number of nitrogens with one attached hydrogen (secondary N) is 1. The minimum absolute atomic E-state index is 0. The van der Waals surface area contributed by atoms with Crippen LogP contribution in [-0.2, 0) is 9.59 Å². The van der Waals surface area contributed by atoms with Crippen molar-refractivity contribution in [1.82, 2.24) is 10.2 Å². The van der Waals surface area contributed by atoms with Gasteiger partial charge in [-0.2, -0.15) is 0 Å². The van der Waals surface area contributed by atoms with Crippen LogP contribution in [0.15, 0.2) is 0 Å². The van der Waals surface area contributed by atoms with Crippen LogP contribution in [0.4, 0.5) is 0 Å². The van der Waals surface area contributed by atoms with Crippen LogP contribution in [0, 0.1) is 0 Å². The molecule has 1 aliphatic carbocycles. The Morgan fingerprint density at radius 2 is 2.00 bits per heavy atom. The van der Waals surface area contributed by atoms with Crippen LogP contribution in [0.5, 0.6) is 0 Å². The molecule has 0 unspecified atom stereocenters. The van der Waals surface area contributed by atoms with Gasteiger partial charge in [-0.15, -0.1) is 0 Å². The van der Waals surface area contributed by atoms with Crippen molar-refractivity contribution in [2.45, 2.75) is 37.8 Å². The van der Waals surface area contributed by atoms with Crippen molar-refractivity contribution in [3.8, 4) is 0 Å². The van der Waals surface area contributed by atoms with E-state index in [4.69, 9.17) is 5.11 Å². The summed E-state index contributed by atoms with van der Waals surface area (Å²) in [6.07, 6.45) is 5.07. The molecule has 1 saturated carbocycles. The molecule has 2 aliphatic rings. The van der Waals surface area contributed by atoms with Gasteiger partial charge in [0.25, 0.3) is 0 Å². The Bertz CT molecular complexity index is 290. The molecule has 1 saturated heterocycles. The average Bonchev–Trinajstić information content (AvgIpc) is 2.48. The molecular weight excluding hydrogens is 219 g/mol. The molecule has 0 radical (unpaired) electrons. The quantitative estimate of drug-likeness (QED) is 0.506. The van der Waals surface area contributed by atoms with Gasteiger partial charge in [-0.3, -0.25) is 14.9 Å². The van der Waals surface area contributed by atoms with E-state index in [1.165, 1.54) is 11.3 Å². The molecule has 2 rings (SSSR count). The second kappa shape index (κ2) is 5.49. The monoisotopic (exact) mass is 235 g/mol. The maximum absolute atomic E-state index is 11.6. The topological polar surface area (TPSA) is 69.6 Å². The fourth-order valence-electron chi connectivity index (χ4n) is 2.63. The predicted octanol–water partition coefficient (Wildman–Crippen LogP) is -2.83. The molecule has 1 aliphatic heterocycles. The van der Waals surface area contributed by atoms with Crippen molar-refractivity contribution in [2.24, 2.45) is 0 Å². The third kappa shape index (κ3) is 2.59. The molecule has 0 aromatic heterocycles. The molecule has 5 nitrogen and oxygen atoms in total. The Hall–Kier alpha value is -0.100. The van der Waals surface area contributed by atoms with Gasteiger partial charge in [0, 0.05) is 0 Å². The van der Waals surface area contributed by atoms with Gasteiger partial charge in [-0.05, 0) is 25.7 Å². The van der Waals surface area contributed by atoms with Crippen LogP contribution < -0.4 is 34.9 Å². The summed E-state index contributed by atoms with van der Waals surface area (Å²) in [5.41, 5.74) is -0.353. The zero-order valence-electron chi connectivity index (χ0n) is 9.66. The van der Waals surface area contributed by atoms with E-state index in [9.17, 15) is 9.59 Å². The Labute approximate surface area is 117 Å². The first-order valence-corrected chi connectivity index (χ1v) is 5.41. The van der Waals surface area contributed by atoms with Crippen molar-refractivity contribution in [2.75, 3.05) is 13.1 Å². The van der Waals surface area contributed by atoms with Crippen LogP contribution >= 0.6 is 0 Å².